The fourth-order valence-corrected chi connectivity index (χ4v) is 3.88. The van der Waals surface area contributed by atoms with E-state index in [0.29, 0.717) is 29.0 Å². The lowest BCUT2D eigenvalue weighted by atomic mass is 10.2. The molecule has 160 valence electrons. The Morgan fingerprint density at radius 2 is 1.90 bits per heavy atom. The third kappa shape index (κ3) is 4.64. The zero-order chi connectivity index (χ0) is 21.8. The summed E-state index contributed by atoms with van der Waals surface area (Å²) in [5.41, 5.74) is 1.88. The minimum absolute atomic E-state index is 0.208. The average molecular weight is 439 g/mol. The molecule has 0 saturated carbocycles. The molecule has 2 heterocycles. The molecule has 3 aromatic rings. The lowest BCUT2D eigenvalue weighted by Gasteiger charge is -2.14. The second kappa shape index (κ2) is 9.09. The van der Waals surface area contributed by atoms with E-state index in [-0.39, 0.29) is 6.79 Å². The fraction of sp³-hybridized carbons (Fsp3) is 0.238. The number of amides is 3. The molecule has 10 heteroatoms. The number of rotatable bonds is 6. The van der Waals surface area contributed by atoms with Gasteiger partial charge in [0.15, 0.2) is 22.5 Å². The minimum Gasteiger partial charge on any atom is -0.454 e. The van der Waals surface area contributed by atoms with Crippen LogP contribution in [0.3, 0.4) is 0 Å². The highest BCUT2D eigenvalue weighted by Gasteiger charge is 2.23. The van der Waals surface area contributed by atoms with Gasteiger partial charge in [0.25, 0.3) is 0 Å². The maximum Gasteiger partial charge on any atom is 0.321 e. The van der Waals surface area contributed by atoms with Crippen molar-refractivity contribution in [1.82, 2.24) is 25.4 Å². The molecule has 3 amide bonds. The van der Waals surface area contributed by atoms with Crippen LogP contribution in [0.2, 0.25) is 0 Å². The van der Waals surface area contributed by atoms with Crippen LogP contribution in [0.15, 0.2) is 53.7 Å². The Morgan fingerprint density at radius 3 is 2.68 bits per heavy atom. The Kier molecular flexibility index (Phi) is 6.08. The van der Waals surface area contributed by atoms with Gasteiger partial charge in [-0.3, -0.25) is 14.7 Å². The van der Waals surface area contributed by atoms with Gasteiger partial charge in [0.1, 0.15) is 0 Å². The Balaban J connectivity index is 1.63. The molecule has 0 bridgehead atoms. The van der Waals surface area contributed by atoms with Gasteiger partial charge in [-0.25, -0.2) is 4.79 Å². The Bertz CT molecular complexity index is 1100. The molecule has 9 nitrogen and oxygen atoms in total. The van der Waals surface area contributed by atoms with Crippen LogP contribution in [0.25, 0.3) is 11.4 Å². The van der Waals surface area contributed by atoms with E-state index in [4.69, 9.17) is 9.47 Å². The third-order valence-corrected chi connectivity index (χ3v) is 5.72. The van der Waals surface area contributed by atoms with E-state index >= 15 is 0 Å². The molecule has 1 aliphatic heterocycles. The Labute approximate surface area is 183 Å². The maximum absolute atomic E-state index is 12.3. The minimum atomic E-state index is -0.555. The molecule has 2 N–H and O–H groups in total. The number of benzene rings is 2. The average Bonchev–Trinajstić information content (AvgIpc) is 3.41. The number of nitrogens with zero attached hydrogens (tertiary/aromatic N) is 3. The van der Waals surface area contributed by atoms with E-state index < -0.39 is 17.2 Å². The maximum atomic E-state index is 12.3. The van der Waals surface area contributed by atoms with Gasteiger partial charge >= 0.3 is 6.03 Å². The normalized spacial score (nSPS) is 13.0. The molecule has 1 unspecified atom stereocenters. The molecule has 4 rings (SSSR count). The van der Waals surface area contributed by atoms with E-state index in [2.05, 4.69) is 20.8 Å². The van der Waals surface area contributed by atoms with Gasteiger partial charge < -0.3 is 14.8 Å². The van der Waals surface area contributed by atoms with Crippen molar-refractivity contribution in [3.8, 4) is 22.9 Å². The first-order valence-electron chi connectivity index (χ1n) is 9.61. The Hall–Kier alpha value is -3.53. The molecular formula is C21H21N5O4S. The number of carbonyl (C=O) groups is 2. The molecule has 0 saturated heterocycles. The number of carbonyl (C=O) groups excluding carboxylic acids is 2. The predicted molar refractivity (Wildman–Crippen MR) is 115 cm³/mol. The number of aromatic nitrogens is 3. The molecular weight excluding hydrogens is 418 g/mol. The summed E-state index contributed by atoms with van der Waals surface area (Å²) >= 11 is 1.23. The number of ether oxygens (including phenoxy) is 2. The summed E-state index contributed by atoms with van der Waals surface area (Å²) in [6, 6.07) is 14.9. The van der Waals surface area contributed by atoms with Gasteiger partial charge in [-0.15, -0.1) is 10.2 Å². The molecule has 1 atom stereocenters. The molecule has 1 aliphatic rings. The molecule has 0 radical (unpaired) electrons. The van der Waals surface area contributed by atoms with E-state index in [0.717, 1.165) is 11.1 Å². The molecule has 0 fully saturated rings. The standard InChI is InChI=1S/C21H21N5O4S/c1-13(19(27)23-20(28)22-2)31-21-25-24-18(15-6-4-3-5-7-15)26(21)11-14-8-9-16-17(10-14)30-12-29-16/h3-10,13H,11-12H2,1-2H3,(H2,22,23,27,28). The van der Waals surface area contributed by atoms with Crippen molar-refractivity contribution in [2.24, 2.45) is 0 Å². The summed E-state index contributed by atoms with van der Waals surface area (Å²) in [5, 5.41) is 13.4. The van der Waals surface area contributed by atoms with Crippen molar-refractivity contribution in [2.45, 2.75) is 23.9 Å². The molecule has 2 aromatic carbocycles. The van der Waals surface area contributed by atoms with Crippen LogP contribution in [0.4, 0.5) is 4.79 Å². The fourth-order valence-electron chi connectivity index (χ4n) is 3.03. The van der Waals surface area contributed by atoms with Crippen LogP contribution in [0.1, 0.15) is 12.5 Å². The molecule has 0 aliphatic carbocycles. The highest BCUT2D eigenvalue weighted by molar-refractivity contribution is 8.00. The highest BCUT2D eigenvalue weighted by Crippen LogP contribution is 2.34. The van der Waals surface area contributed by atoms with Crippen LogP contribution in [0, 0.1) is 0 Å². The van der Waals surface area contributed by atoms with Crippen LogP contribution in [-0.2, 0) is 11.3 Å². The first-order valence-corrected chi connectivity index (χ1v) is 10.5. The quantitative estimate of drug-likeness (QED) is 0.569. The number of hydrogen-bond acceptors (Lipinski definition) is 7. The second-order valence-corrected chi connectivity index (χ2v) is 8.08. The van der Waals surface area contributed by atoms with Gasteiger partial charge in [0, 0.05) is 12.6 Å². The van der Waals surface area contributed by atoms with Crippen LogP contribution in [-0.4, -0.2) is 45.8 Å². The van der Waals surface area contributed by atoms with Crippen molar-refractivity contribution >= 4 is 23.7 Å². The number of imide groups is 1. The number of thioether (sulfide) groups is 1. The summed E-state index contributed by atoms with van der Waals surface area (Å²) in [4.78, 5) is 23.8. The largest absolute Gasteiger partial charge is 0.454 e. The van der Waals surface area contributed by atoms with Crippen molar-refractivity contribution in [3.05, 3.63) is 54.1 Å². The SMILES string of the molecule is CNC(=O)NC(=O)C(C)Sc1nnc(-c2ccccc2)n1Cc1ccc2c(c1)OCO2. The van der Waals surface area contributed by atoms with Gasteiger partial charge in [-0.05, 0) is 24.6 Å². The van der Waals surface area contributed by atoms with Crippen molar-refractivity contribution in [2.75, 3.05) is 13.8 Å². The predicted octanol–water partition coefficient (Wildman–Crippen LogP) is 2.66. The van der Waals surface area contributed by atoms with Crippen molar-refractivity contribution < 1.29 is 19.1 Å². The first kappa shape index (κ1) is 20.7. The molecule has 1 aromatic heterocycles. The van der Waals surface area contributed by atoms with Gasteiger partial charge in [-0.1, -0.05) is 48.2 Å². The first-order chi connectivity index (χ1) is 15.0. The number of hydrogen-bond donors (Lipinski definition) is 2. The van der Waals surface area contributed by atoms with Gasteiger partial charge in [0.2, 0.25) is 12.7 Å². The van der Waals surface area contributed by atoms with Crippen LogP contribution >= 0.6 is 11.8 Å². The topological polar surface area (TPSA) is 107 Å². The number of nitrogens with one attached hydrogen (secondary N) is 2. The number of fused-ring (bicyclic) bond motifs is 1. The summed E-state index contributed by atoms with van der Waals surface area (Å²) in [6.45, 7) is 2.39. The summed E-state index contributed by atoms with van der Waals surface area (Å²) < 4.78 is 12.8. The molecule has 31 heavy (non-hydrogen) atoms. The Morgan fingerprint density at radius 1 is 1.13 bits per heavy atom. The lowest BCUT2D eigenvalue weighted by molar-refractivity contribution is -0.119. The zero-order valence-corrected chi connectivity index (χ0v) is 17.8. The summed E-state index contributed by atoms with van der Waals surface area (Å²) in [6.07, 6.45) is 0. The highest BCUT2D eigenvalue weighted by atomic mass is 32.2. The summed E-state index contributed by atoms with van der Waals surface area (Å²) in [5.74, 6) is 1.67. The van der Waals surface area contributed by atoms with Crippen molar-refractivity contribution in [3.63, 3.8) is 0 Å². The molecule has 0 spiro atoms. The summed E-state index contributed by atoms with van der Waals surface area (Å²) in [7, 11) is 1.45. The third-order valence-electron chi connectivity index (χ3n) is 4.64. The monoisotopic (exact) mass is 439 g/mol. The van der Waals surface area contributed by atoms with Crippen LogP contribution < -0.4 is 20.1 Å². The second-order valence-electron chi connectivity index (χ2n) is 6.77. The zero-order valence-electron chi connectivity index (χ0n) is 17.0. The lowest BCUT2D eigenvalue weighted by Crippen LogP contribution is -2.41. The van der Waals surface area contributed by atoms with E-state index in [1.54, 1.807) is 6.92 Å². The van der Waals surface area contributed by atoms with E-state index in [1.165, 1.54) is 18.8 Å². The van der Waals surface area contributed by atoms with Crippen LogP contribution in [0.5, 0.6) is 11.5 Å². The van der Waals surface area contributed by atoms with E-state index in [9.17, 15) is 9.59 Å². The number of urea groups is 1. The van der Waals surface area contributed by atoms with Gasteiger partial charge in [0.05, 0.1) is 11.8 Å². The van der Waals surface area contributed by atoms with Gasteiger partial charge in [-0.2, -0.15) is 0 Å². The van der Waals surface area contributed by atoms with Crippen molar-refractivity contribution in [1.29, 1.82) is 0 Å². The smallest absolute Gasteiger partial charge is 0.321 e. The van der Waals surface area contributed by atoms with E-state index in [1.807, 2.05) is 53.1 Å².